The van der Waals surface area contributed by atoms with Crippen LogP contribution in [0.3, 0.4) is 0 Å². The molecular weight excluding hydrogens is 296 g/mol. The Morgan fingerprint density at radius 2 is 2.15 bits per heavy atom. The standard InChI is InChI=1S/C10H14Br2O/c1-9(5-11)7-2-3-10(9,6-12)8(13)4-7/h7H,2-6H2,1H3. The Bertz CT molecular complexity index is 253. The highest BCUT2D eigenvalue weighted by atomic mass is 79.9. The Labute approximate surface area is 95.9 Å². The zero-order valence-electron chi connectivity index (χ0n) is 7.78. The average molecular weight is 310 g/mol. The predicted molar refractivity (Wildman–Crippen MR) is 60.5 cm³/mol. The molecule has 3 atom stereocenters. The number of rotatable bonds is 2. The van der Waals surface area contributed by atoms with Crippen molar-refractivity contribution < 1.29 is 4.79 Å². The second-order valence-electron chi connectivity index (χ2n) is 4.63. The molecule has 1 nitrogen and oxygen atoms in total. The fourth-order valence-corrected chi connectivity index (χ4v) is 5.38. The highest BCUT2D eigenvalue weighted by Gasteiger charge is 2.65. The van der Waals surface area contributed by atoms with Gasteiger partial charge in [0.1, 0.15) is 5.78 Å². The maximum Gasteiger partial charge on any atom is 0.140 e. The van der Waals surface area contributed by atoms with Gasteiger partial charge in [-0.1, -0.05) is 38.8 Å². The van der Waals surface area contributed by atoms with Crippen molar-refractivity contribution in [2.45, 2.75) is 26.2 Å². The van der Waals surface area contributed by atoms with E-state index in [1.165, 1.54) is 6.42 Å². The van der Waals surface area contributed by atoms with Crippen LogP contribution in [0.15, 0.2) is 0 Å². The molecule has 0 radical (unpaired) electrons. The van der Waals surface area contributed by atoms with Crippen LogP contribution >= 0.6 is 31.9 Å². The van der Waals surface area contributed by atoms with Crippen molar-refractivity contribution in [2.75, 3.05) is 10.7 Å². The predicted octanol–water partition coefficient (Wildman–Crippen LogP) is 3.15. The number of carbonyl (C=O) groups is 1. The minimum Gasteiger partial charge on any atom is -0.299 e. The molecule has 0 saturated heterocycles. The number of hydrogen-bond acceptors (Lipinski definition) is 1. The summed E-state index contributed by atoms with van der Waals surface area (Å²) in [5.41, 5.74) is 0.148. The van der Waals surface area contributed by atoms with Crippen molar-refractivity contribution in [1.82, 2.24) is 0 Å². The highest BCUT2D eigenvalue weighted by molar-refractivity contribution is 9.09. The molecule has 2 saturated carbocycles. The van der Waals surface area contributed by atoms with Crippen LogP contribution < -0.4 is 0 Å². The summed E-state index contributed by atoms with van der Waals surface area (Å²) in [7, 11) is 0. The normalized spacial score (nSPS) is 48.8. The SMILES string of the molecule is CC1(CBr)C2CCC1(CBr)C(=O)C2. The van der Waals surface area contributed by atoms with Gasteiger partial charge in [0.05, 0.1) is 0 Å². The van der Waals surface area contributed by atoms with E-state index in [-0.39, 0.29) is 10.8 Å². The van der Waals surface area contributed by atoms with E-state index in [9.17, 15) is 4.79 Å². The van der Waals surface area contributed by atoms with Crippen LogP contribution in [0.4, 0.5) is 0 Å². The lowest BCUT2D eigenvalue weighted by molar-refractivity contribution is -0.127. The number of carbonyl (C=O) groups excluding carboxylic acids is 1. The van der Waals surface area contributed by atoms with Gasteiger partial charge < -0.3 is 0 Å². The average Bonchev–Trinajstić information content (AvgIpc) is 2.53. The summed E-state index contributed by atoms with van der Waals surface area (Å²) in [5.74, 6) is 1.11. The lowest BCUT2D eigenvalue weighted by Crippen LogP contribution is -2.40. The molecule has 0 aromatic rings. The molecule has 2 aliphatic carbocycles. The van der Waals surface area contributed by atoms with Crippen molar-refractivity contribution >= 4 is 37.6 Å². The van der Waals surface area contributed by atoms with Crippen molar-refractivity contribution in [3.05, 3.63) is 0 Å². The molecule has 74 valence electrons. The van der Waals surface area contributed by atoms with Gasteiger partial charge >= 0.3 is 0 Å². The molecule has 2 rings (SSSR count). The Kier molecular flexibility index (Phi) is 2.39. The third kappa shape index (κ3) is 1.01. The Morgan fingerprint density at radius 3 is 2.54 bits per heavy atom. The number of Topliss-reactive ketones (excluding diaryl/α,β-unsaturated/α-hetero) is 1. The smallest absolute Gasteiger partial charge is 0.140 e. The van der Waals surface area contributed by atoms with Crippen LogP contribution in [-0.4, -0.2) is 16.4 Å². The van der Waals surface area contributed by atoms with Crippen LogP contribution in [0.25, 0.3) is 0 Å². The summed E-state index contributed by atoms with van der Waals surface area (Å²) in [6.45, 7) is 2.27. The molecule has 0 spiro atoms. The first-order valence-corrected chi connectivity index (χ1v) is 7.00. The van der Waals surface area contributed by atoms with Crippen LogP contribution in [0, 0.1) is 16.7 Å². The molecule has 13 heavy (non-hydrogen) atoms. The van der Waals surface area contributed by atoms with Crippen LogP contribution in [0.2, 0.25) is 0 Å². The number of ketones is 1. The summed E-state index contributed by atoms with van der Waals surface area (Å²) in [6, 6.07) is 0. The van der Waals surface area contributed by atoms with Crippen molar-refractivity contribution in [1.29, 1.82) is 0 Å². The van der Waals surface area contributed by atoms with Crippen LogP contribution in [0.5, 0.6) is 0 Å². The lowest BCUT2D eigenvalue weighted by Gasteiger charge is -2.36. The molecule has 0 heterocycles. The summed E-state index contributed by atoms with van der Waals surface area (Å²) < 4.78 is 0. The maximum atomic E-state index is 11.9. The van der Waals surface area contributed by atoms with Gasteiger partial charge in [-0.05, 0) is 24.2 Å². The first kappa shape index (κ1) is 10.2. The third-order valence-corrected chi connectivity index (χ3v) is 6.51. The molecule has 2 aliphatic rings. The zero-order chi connectivity index (χ0) is 9.69. The monoisotopic (exact) mass is 308 g/mol. The summed E-state index contributed by atoms with van der Waals surface area (Å²) in [5, 5.41) is 1.80. The van der Waals surface area contributed by atoms with Crippen molar-refractivity contribution in [2.24, 2.45) is 16.7 Å². The van der Waals surface area contributed by atoms with E-state index in [0.29, 0.717) is 11.7 Å². The molecular formula is C10H14Br2O. The van der Waals surface area contributed by atoms with E-state index in [0.717, 1.165) is 23.5 Å². The number of hydrogen-bond donors (Lipinski definition) is 0. The second-order valence-corrected chi connectivity index (χ2v) is 5.75. The van der Waals surface area contributed by atoms with Gasteiger partial charge in [-0.15, -0.1) is 0 Å². The molecule has 0 amide bonds. The summed E-state index contributed by atoms with van der Waals surface area (Å²) in [6.07, 6.45) is 3.14. The third-order valence-electron chi connectivity index (χ3n) is 4.39. The Hall–Kier alpha value is 0.630. The minimum atomic E-state index is -0.0544. The molecule has 0 aliphatic heterocycles. The van der Waals surface area contributed by atoms with Crippen LogP contribution in [0.1, 0.15) is 26.2 Å². The second kappa shape index (κ2) is 3.06. The molecule has 3 unspecified atom stereocenters. The largest absolute Gasteiger partial charge is 0.299 e. The number of halogens is 2. The van der Waals surface area contributed by atoms with E-state index in [4.69, 9.17) is 0 Å². The van der Waals surface area contributed by atoms with E-state index in [2.05, 4.69) is 38.8 Å². The molecule has 0 aromatic heterocycles. The zero-order valence-corrected chi connectivity index (χ0v) is 10.9. The molecule has 2 bridgehead atoms. The number of fused-ring (bicyclic) bond motifs is 2. The Balaban J connectivity index is 2.45. The van der Waals surface area contributed by atoms with Crippen LogP contribution in [-0.2, 0) is 4.79 Å². The van der Waals surface area contributed by atoms with E-state index < -0.39 is 0 Å². The van der Waals surface area contributed by atoms with Gasteiger partial charge in [-0.25, -0.2) is 0 Å². The number of alkyl halides is 2. The quantitative estimate of drug-likeness (QED) is 0.716. The van der Waals surface area contributed by atoms with Crippen molar-refractivity contribution in [3.63, 3.8) is 0 Å². The molecule has 2 fully saturated rings. The van der Waals surface area contributed by atoms with Gasteiger partial charge in [-0.2, -0.15) is 0 Å². The van der Waals surface area contributed by atoms with Gasteiger partial charge in [-0.3, -0.25) is 4.79 Å². The van der Waals surface area contributed by atoms with Gasteiger partial charge in [0.25, 0.3) is 0 Å². The maximum absolute atomic E-state index is 11.9. The lowest BCUT2D eigenvalue weighted by atomic mass is 9.70. The van der Waals surface area contributed by atoms with E-state index in [1.807, 2.05) is 0 Å². The van der Waals surface area contributed by atoms with Crippen molar-refractivity contribution in [3.8, 4) is 0 Å². The first-order chi connectivity index (χ1) is 6.10. The first-order valence-electron chi connectivity index (χ1n) is 4.76. The van der Waals surface area contributed by atoms with Gasteiger partial charge in [0.2, 0.25) is 0 Å². The highest BCUT2D eigenvalue weighted by Crippen LogP contribution is 2.65. The topological polar surface area (TPSA) is 17.1 Å². The van der Waals surface area contributed by atoms with Gasteiger partial charge in [0, 0.05) is 22.5 Å². The Morgan fingerprint density at radius 1 is 1.46 bits per heavy atom. The van der Waals surface area contributed by atoms with E-state index >= 15 is 0 Å². The van der Waals surface area contributed by atoms with Gasteiger partial charge in [0.15, 0.2) is 0 Å². The fourth-order valence-electron chi connectivity index (χ4n) is 3.15. The van der Waals surface area contributed by atoms with E-state index in [1.54, 1.807) is 0 Å². The summed E-state index contributed by atoms with van der Waals surface area (Å²) in [4.78, 5) is 11.9. The molecule has 3 heteroatoms. The fraction of sp³-hybridized carbons (Fsp3) is 0.900. The summed E-state index contributed by atoms with van der Waals surface area (Å²) >= 11 is 7.12. The minimum absolute atomic E-state index is 0.0544. The molecule has 0 aromatic carbocycles. The molecule has 0 N–H and O–H groups in total.